The lowest BCUT2D eigenvalue weighted by Crippen LogP contribution is -2.32. The van der Waals surface area contributed by atoms with Crippen molar-refractivity contribution in [1.29, 1.82) is 0 Å². The Kier molecular flexibility index (Phi) is 3.10. The van der Waals surface area contributed by atoms with E-state index in [0.717, 1.165) is 24.2 Å². The van der Waals surface area contributed by atoms with Crippen LogP contribution in [0.3, 0.4) is 0 Å². The lowest BCUT2D eigenvalue weighted by atomic mass is 10.1. The molecule has 0 amide bonds. The Morgan fingerprint density at radius 1 is 1.50 bits per heavy atom. The molecular formula is C12H15NO3. The molecule has 0 spiro atoms. The molecule has 1 aliphatic rings. The smallest absolute Gasteiger partial charge is 0.320 e. The predicted octanol–water partition coefficient (Wildman–Crippen LogP) is 1.18. The maximum Gasteiger partial charge on any atom is 0.320 e. The van der Waals surface area contributed by atoms with Crippen molar-refractivity contribution in [2.24, 2.45) is 5.73 Å². The van der Waals surface area contributed by atoms with Crippen molar-refractivity contribution in [2.75, 3.05) is 0 Å². The molecule has 1 aromatic carbocycles. The van der Waals surface area contributed by atoms with Gasteiger partial charge in [-0.25, -0.2) is 0 Å². The lowest BCUT2D eigenvalue weighted by Gasteiger charge is -2.12. The summed E-state index contributed by atoms with van der Waals surface area (Å²) in [5.41, 5.74) is 6.37. The van der Waals surface area contributed by atoms with Crippen LogP contribution in [0.4, 0.5) is 0 Å². The SMILES string of the molecule is NC(Cc1ccccc1OC1CC1)C(=O)O. The second-order valence-corrected chi connectivity index (χ2v) is 4.07. The molecule has 16 heavy (non-hydrogen) atoms. The van der Waals surface area contributed by atoms with Gasteiger partial charge in [-0.05, 0) is 24.5 Å². The van der Waals surface area contributed by atoms with Crippen LogP contribution in [0.5, 0.6) is 5.75 Å². The van der Waals surface area contributed by atoms with Gasteiger partial charge >= 0.3 is 5.97 Å². The molecule has 1 saturated carbocycles. The molecule has 1 aromatic rings. The monoisotopic (exact) mass is 221 g/mol. The quantitative estimate of drug-likeness (QED) is 0.783. The number of ether oxygens (including phenoxy) is 1. The Balaban J connectivity index is 2.08. The first-order valence-corrected chi connectivity index (χ1v) is 5.40. The minimum absolute atomic E-state index is 0.304. The summed E-state index contributed by atoms with van der Waals surface area (Å²) in [5, 5.41) is 8.76. The number of carboxylic acid groups (broad SMARTS) is 1. The van der Waals surface area contributed by atoms with E-state index in [1.807, 2.05) is 24.3 Å². The summed E-state index contributed by atoms with van der Waals surface area (Å²) >= 11 is 0. The molecule has 0 radical (unpaired) electrons. The fraction of sp³-hybridized carbons (Fsp3) is 0.417. The molecule has 1 unspecified atom stereocenters. The Bertz CT molecular complexity index is 388. The zero-order chi connectivity index (χ0) is 11.5. The molecule has 1 aliphatic carbocycles. The van der Waals surface area contributed by atoms with Crippen molar-refractivity contribution in [1.82, 2.24) is 0 Å². The zero-order valence-corrected chi connectivity index (χ0v) is 8.93. The number of carboxylic acids is 1. The number of hydrogen-bond acceptors (Lipinski definition) is 3. The van der Waals surface area contributed by atoms with Crippen molar-refractivity contribution in [3.8, 4) is 5.75 Å². The third-order valence-corrected chi connectivity index (χ3v) is 2.55. The molecule has 4 nitrogen and oxygen atoms in total. The van der Waals surface area contributed by atoms with Crippen LogP contribution in [-0.4, -0.2) is 23.2 Å². The summed E-state index contributed by atoms with van der Waals surface area (Å²) in [4.78, 5) is 10.7. The van der Waals surface area contributed by atoms with Crippen LogP contribution in [0.2, 0.25) is 0 Å². The second-order valence-electron chi connectivity index (χ2n) is 4.07. The van der Waals surface area contributed by atoms with Gasteiger partial charge in [-0.3, -0.25) is 4.79 Å². The largest absolute Gasteiger partial charge is 0.490 e. The highest BCUT2D eigenvalue weighted by atomic mass is 16.5. The van der Waals surface area contributed by atoms with Crippen molar-refractivity contribution < 1.29 is 14.6 Å². The highest BCUT2D eigenvalue weighted by molar-refractivity contribution is 5.73. The molecule has 1 fully saturated rings. The molecule has 0 aliphatic heterocycles. The maximum absolute atomic E-state index is 10.7. The first-order chi connectivity index (χ1) is 7.66. The van der Waals surface area contributed by atoms with E-state index in [9.17, 15) is 4.79 Å². The van der Waals surface area contributed by atoms with E-state index in [4.69, 9.17) is 15.6 Å². The average Bonchev–Trinajstić information content (AvgIpc) is 3.04. The van der Waals surface area contributed by atoms with E-state index in [-0.39, 0.29) is 0 Å². The van der Waals surface area contributed by atoms with Gasteiger partial charge in [0.05, 0.1) is 6.10 Å². The maximum atomic E-state index is 10.7. The van der Waals surface area contributed by atoms with Crippen molar-refractivity contribution in [3.05, 3.63) is 29.8 Å². The van der Waals surface area contributed by atoms with Crippen LogP contribution in [0.25, 0.3) is 0 Å². The molecule has 3 N–H and O–H groups in total. The minimum Gasteiger partial charge on any atom is -0.490 e. The molecule has 4 heteroatoms. The van der Waals surface area contributed by atoms with Gasteiger partial charge in [0.1, 0.15) is 11.8 Å². The Morgan fingerprint density at radius 2 is 2.19 bits per heavy atom. The topological polar surface area (TPSA) is 72.5 Å². The van der Waals surface area contributed by atoms with Gasteiger partial charge in [0, 0.05) is 6.42 Å². The van der Waals surface area contributed by atoms with Gasteiger partial charge in [-0.1, -0.05) is 18.2 Å². The summed E-state index contributed by atoms with van der Waals surface area (Å²) in [6.45, 7) is 0. The minimum atomic E-state index is -0.985. The summed E-state index contributed by atoms with van der Waals surface area (Å²) < 4.78 is 5.69. The summed E-state index contributed by atoms with van der Waals surface area (Å²) in [6, 6.07) is 6.60. The molecule has 0 heterocycles. The first kappa shape index (κ1) is 11.0. The molecule has 1 atom stereocenters. The van der Waals surface area contributed by atoms with E-state index in [2.05, 4.69) is 0 Å². The number of para-hydroxylation sites is 1. The fourth-order valence-corrected chi connectivity index (χ4v) is 1.48. The van der Waals surface area contributed by atoms with Gasteiger partial charge in [0.2, 0.25) is 0 Å². The zero-order valence-electron chi connectivity index (χ0n) is 8.93. The third kappa shape index (κ3) is 2.73. The number of hydrogen-bond donors (Lipinski definition) is 2. The van der Waals surface area contributed by atoms with Gasteiger partial charge in [-0.2, -0.15) is 0 Å². The number of nitrogens with two attached hydrogens (primary N) is 1. The normalized spacial score (nSPS) is 16.8. The fourth-order valence-electron chi connectivity index (χ4n) is 1.48. The molecule has 2 rings (SSSR count). The van der Waals surface area contributed by atoms with Crippen LogP contribution in [0, 0.1) is 0 Å². The van der Waals surface area contributed by atoms with E-state index < -0.39 is 12.0 Å². The number of aliphatic carboxylic acids is 1. The van der Waals surface area contributed by atoms with Crippen LogP contribution in [0.15, 0.2) is 24.3 Å². The van der Waals surface area contributed by atoms with E-state index in [1.54, 1.807) is 0 Å². The third-order valence-electron chi connectivity index (χ3n) is 2.55. The van der Waals surface area contributed by atoms with Gasteiger partial charge in [0.15, 0.2) is 0 Å². The van der Waals surface area contributed by atoms with E-state index >= 15 is 0 Å². The summed E-state index contributed by atoms with van der Waals surface area (Å²) in [5.74, 6) is -0.220. The second kappa shape index (κ2) is 4.53. The van der Waals surface area contributed by atoms with Crippen molar-refractivity contribution in [2.45, 2.75) is 31.4 Å². The highest BCUT2D eigenvalue weighted by Crippen LogP contribution is 2.29. The summed E-state index contributed by atoms with van der Waals surface area (Å²) in [7, 11) is 0. The molecule has 0 bridgehead atoms. The number of benzene rings is 1. The molecule has 0 saturated heterocycles. The van der Waals surface area contributed by atoms with Crippen molar-refractivity contribution in [3.63, 3.8) is 0 Å². The van der Waals surface area contributed by atoms with Gasteiger partial charge in [-0.15, -0.1) is 0 Å². The molecule has 0 aromatic heterocycles. The van der Waals surface area contributed by atoms with Crippen LogP contribution < -0.4 is 10.5 Å². The highest BCUT2D eigenvalue weighted by Gasteiger charge is 2.25. The Hall–Kier alpha value is -1.55. The number of carbonyl (C=O) groups is 1. The average molecular weight is 221 g/mol. The standard InChI is InChI=1S/C12H15NO3/c13-10(12(14)15)7-8-3-1-2-4-11(8)16-9-5-6-9/h1-4,9-10H,5-7,13H2,(H,14,15). The van der Waals surface area contributed by atoms with Crippen LogP contribution in [-0.2, 0) is 11.2 Å². The predicted molar refractivity (Wildman–Crippen MR) is 59.4 cm³/mol. The Morgan fingerprint density at radius 3 is 2.81 bits per heavy atom. The summed E-state index contributed by atoms with van der Waals surface area (Å²) in [6.07, 6.45) is 2.78. The molecular weight excluding hydrogens is 206 g/mol. The van der Waals surface area contributed by atoms with Gasteiger partial charge < -0.3 is 15.6 Å². The van der Waals surface area contributed by atoms with E-state index in [1.165, 1.54) is 0 Å². The lowest BCUT2D eigenvalue weighted by molar-refractivity contribution is -0.138. The Labute approximate surface area is 94.0 Å². The van der Waals surface area contributed by atoms with Crippen LogP contribution in [0.1, 0.15) is 18.4 Å². The van der Waals surface area contributed by atoms with E-state index in [0.29, 0.717) is 12.5 Å². The molecule has 86 valence electrons. The van der Waals surface area contributed by atoms with Crippen molar-refractivity contribution >= 4 is 5.97 Å². The number of rotatable bonds is 5. The van der Waals surface area contributed by atoms with Gasteiger partial charge in [0.25, 0.3) is 0 Å². The first-order valence-electron chi connectivity index (χ1n) is 5.40. The van der Waals surface area contributed by atoms with Crippen LogP contribution >= 0.6 is 0 Å².